The van der Waals surface area contributed by atoms with Crippen molar-refractivity contribution in [3.05, 3.63) is 22.4 Å². The lowest BCUT2D eigenvalue weighted by Gasteiger charge is -2.33. The Morgan fingerprint density at radius 3 is 3.04 bits per heavy atom. The third kappa shape index (κ3) is 7.34. The molecule has 142 valence electrons. The fraction of sp³-hybridized carbons (Fsp3) is 0.737. The third-order valence-electron chi connectivity index (χ3n) is 4.26. The highest BCUT2D eigenvalue weighted by Gasteiger charge is 2.21. The molecule has 1 aliphatic heterocycles. The van der Waals surface area contributed by atoms with Gasteiger partial charge in [-0.2, -0.15) is 0 Å². The number of likely N-dealkylation sites (N-methyl/N-ethyl adjacent to an activating group) is 1. The van der Waals surface area contributed by atoms with Crippen molar-refractivity contribution in [3.8, 4) is 0 Å². The molecule has 0 aromatic carbocycles. The predicted molar refractivity (Wildman–Crippen MR) is 108 cm³/mol. The maximum absolute atomic E-state index is 5.92. The smallest absolute Gasteiger partial charge is 0.193 e. The summed E-state index contributed by atoms with van der Waals surface area (Å²) in [4.78, 5) is 11.0. The Morgan fingerprint density at radius 1 is 1.52 bits per heavy atom. The van der Waals surface area contributed by atoms with Gasteiger partial charge in [-0.15, -0.1) is 11.3 Å². The van der Waals surface area contributed by atoms with Crippen molar-refractivity contribution in [2.75, 3.05) is 52.9 Å². The number of nitrogens with zero attached hydrogens (tertiary/aromatic N) is 3. The van der Waals surface area contributed by atoms with Crippen molar-refractivity contribution in [2.45, 2.75) is 33.3 Å². The molecule has 0 aliphatic carbocycles. The monoisotopic (exact) mass is 366 g/mol. The van der Waals surface area contributed by atoms with Crippen LogP contribution < -0.4 is 5.32 Å². The number of guanidine groups is 1. The first-order chi connectivity index (χ1) is 12.1. The summed E-state index contributed by atoms with van der Waals surface area (Å²) in [6, 6.07) is 4.31. The first kappa shape index (κ1) is 20.2. The maximum atomic E-state index is 5.92. The molecule has 0 radical (unpaired) electrons. The molecule has 2 heterocycles. The van der Waals surface area contributed by atoms with E-state index in [1.54, 1.807) is 0 Å². The van der Waals surface area contributed by atoms with Gasteiger partial charge in [0, 0.05) is 44.6 Å². The Hall–Kier alpha value is -1.11. The topological polar surface area (TPSA) is 40.1 Å². The number of rotatable bonds is 8. The van der Waals surface area contributed by atoms with Crippen LogP contribution in [0.2, 0.25) is 0 Å². The SMILES string of the molecule is CCNC(=NCC1CN(CC(C)C)CCO1)N(C)CCc1cccs1. The quantitative estimate of drug-likeness (QED) is 0.567. The average Bonchev–Trinajstić information content (AvgIpc) is 3.09. The van der Waals surface area contributed by atoms with Crippen molar-refractivity contribution in [1.82, 2.24) is 15.1 Å². The molecule has 0 bridgehead atoms. The lowest BCUT2D eigenvalue weighted by atomic mass is 10.2. The number of nitrogens with one attached hydrogen (secondary N) is 1. The molecule has 1 atom stereocenters. The first-order valence-electron chi connectivity index (χ1n) is 9.44. The lowest BCUT2D eigenvalue weighted by molar-refractivity contribution is -0.0262. The average molecular weight is 367 g/mol. The summed E-state index contributed by atoms with van der Waals surface area (Å²) in [5.74, 6) is 1.67. The number of hydrogen-bond donors (Lipinski definition) is 1. The summed E-state index contributed by atoms with van der Waals surface area (Å²) in [6.45, 7) is 13.2. The molecule has 0 saturated carbocycles. The minimum absolute atomic E-state index is 0.201. The van der Waals surface area contributed by atoms with Crippen LogP contribution in [0.15, 0.2) is 22.5 Å². The van der Waals surface area contributed by atoms with Gasteiger partial charge in [-0.25, -0.2) is 0 Å². The van der Waals surface area contributed by atoms with Crippen molar-refractivity contribution >= 4 is 17.3 Å². The number of aliphatic imine (C=N–C) groups is 1. The number of morpholine rings is 1. The zero-order chi connectivity index (χ0) is 18.1. The van der Waals surface area contributed by atoms with E-state index >= 15 is 0 Å². The zero-order valence-electron chi connectivity index (χ0n) is 16.2. The van der Waals surface area contributed by atoms with Gasteiger partial charge >= 0.3 is 0 Å². The molecule has 1 saturated heterocycles. The van der Waals surface area contributed by atoms with Crippen LogP contribution in [0.3, 0.4) is 0 Å². The van der Waals surface area contributed by atoms with Crippen LogP contribution in [-0.4, -0.2) is 74.8 Å². The molecule has 5 nitrogen and oxygen atoms in total. The molecule has 1 unspecified atom stereocenters. The van der Waals surface area contributed by atoms with Gasteiger partial charge in [-0.1, -0.05) is 19.9 Å². The van der Waals surface area contributed by atoms with E-state index in [9.17, 15) is 0 Å². The van der Waals surface area contributed by atoms with Crippen molar-refractivity contribution in [2.24, 2.45) is 10.9 Å². The molecule has 1 aromatic rings. The Morgan fingerprint density at radius 2 is 2.36 bits per heavy atom. The largest absolute Gasteiger partial charge is 0.374 e. The molecule has 1 N–H and O–H groups in total. The van der Waals surface area contributed by atoms with Crippen LogP contribution in [0.5, 0.6) is 0 Å². The van der Waals surface area contributed by atoms with Crippen LogP contribution in [0.4, 0.5) is 0 Å². The Bertz CT molecular complexity index is 504. The van der Waals surface area contributed by atoms with Crippen LogP contribution in [0, 0.1) is 5.92 Å². The van der Waals surface area contributed by atoms with Crippen LogP contribution >= 0.6 is 11.3 Å². The van der Waals surface area contributed by atoms with Crippen LogP contribution in [0.25, 0.3) is 0 Å². The van der Waals surface area contributed by atoms with Crippen LogP contribution in [0.1, 0.15) is 25.6 Å². The highest BCUT2D eigenvalue weighted by atomic mass is 32.1. The summed E-state index contributed by atoms with van der Waals surface area (Å²) in [6.07, 6.45) is 1.26. The second-order valence-electron chi connectivity index (χ2n) is 7.09. The molecular formula is C19H34N4OS. The van der Waals surface area contributed by atoms with Gasteiger partial charge in [0.1, 0.15) is 0 Å². The number of hydrogen-bond acceptors (Lipinski definition) is 4. The second-order valence-corrected chi connectivity index (χ2v) is 8.12. The maximum Gasteiger partial charge on any atom is 0.193 e. The van der Waals surface area contributed by atoms with E-state index in [-0.39, 0.29) is 6.10 Å². The summed E-state index contributed by atoms with van der Waals surface area (Å²) in [7, 11) is 2.11. The van der Waals surface area contributed by atoms with E-state index in [4.69, 9.17) is 9.73 Å². The van der Waals surface area contributed by atoms with Gasteiger partial charge in [-0.3, -0.25) is 9.89 Å². The Kier molecular flexibility index (Phi) is 8.72. The molecule has 2 rings (SSSR count). The van der Waals surface area contributed by atoms with E-state index < -0.39 is 0 Å². The Labute approximate surface area is 157 Å². The van der Waals surface area contributed by atoms with Gasteiger partial charge in [0.25, 0.3) is 0 Å². The molecule has 6 heteroatoms. The minimum atomic E-state index is 0.201. The molecule has 0 spiro atoms. The predicted octanol–water partition coefficient (Wildman–Crippen LogP) is 2.54. The fourth-order valence-corrected chi connectivity index (χ4v) is 3.77. The van der Waals surface area contributed by atoms with Gasteiger partial charge in [-0.05, 0) is 30.7 Å². The van der Waals surface area contributed by atoms with E-state index in [1.807, 2.05) is 11.3 Å². The van der Waals surface area contributed by atoms with Gasteiger partial charge in [0.05, 0.1) is 19.3 Å². The van der Waals surface area contributed by atoms with Gasteiger partial charge < -0.3 is 15.0 Å². The molecular weight excluding hydrogens is 332 g/mol. The lowest BCUT2D eigenvalue weighted by Crippen LogP contribution is -2.46. The van der Waals surface area contributed by atoms with E-state index in [1.165, 1.54) is 4.88 Å². The number of ether oxygens (including phenoxy) is 1. The van der Waals surface area contributed by atoms with E-state index in [0.29, 0.717) is 5.92 Å². The van der Waals surface area contributed by atoms with Gasteiger partial charge in [0.2, 0.25) is 0 Å². The van der Waals surface area contributed by atoms with E-state index in [2.05, 4.69) is 60.4 Å². The van der Waals surface area contributed by atoms with Crippen LogP contribution in [-0.2, 0) is 11.2 Å². The molecule has 1 aromatic heterocycles. The summed E-state index contributed by atoms with van der Waals surface area (Å²) in [5, 5.41) is 5.54. The number of thiophene rings is 1. The van der Waals surface area contributed by atoms with Gasteiger partial charge in [0.15, 0.2) is 5.96 Å². The molecule has 25 heavy (non-hydrogen) atoms. The molecule has 1 aliphatic rings. The third-order valence-corrected chi connectivity index (χ3v) is 5.20. The molecule has 0 amide bonds. The van der Waals surface area contributed by atoms with Crippen molar-refractivity contribution in [1.29, 1.82) is 0 Å². The van der Waals surface area contributed by atoms with Crippen molar-refractivity contribution in [3.63, 3.8) is 0 Å². The zero-order valence-corrected chi connectivity index (χ0v) is 17.0. The standard InChI is InChI=1S/C19H34N4OS/c1-5-20-19(22(4)9-8-18-7-6-12-25-18)21-13-17-15-23(10-11-24-17)14-16(2)3/h6-7,12,16-17H,5,8-11,13-15H2,1-4H3,(H,20,21). The first-order valence-corrected chi connectivity index (χ1v) is 10.3. The normalized spacial score (nSPS) is 19.4. The highest BCUT2D eigenvalue weighted by molar-refractivity contribution is 7.09. The summed E-state index contributed by atoms with van der Waals surface area (Å²) < 4.78 is 5.92. The van der Waals surface area contributed by atoms with Crippen molar-refractivity contribution < 1.29 is 4.74 Å². The Balaban J connectivity index is 1.85. The summed E-state index contributed by atoms with van der Waals surface area (Å²) in [5.41, 5.74) is 0. The summed E-state index contributed by atoms with van der Waals surface area (Å²) >= 11 is 1.82. The minimum Gasteiger partial charge on any atom is -0.374 e. The van der Waals surface area contributed by atoms with E-state index in [0.717, 1.165) is 58.3 Å². The second kappa shape index (κ2) is 10.8. The molecule has 1 fully saturated rings. The fourth-order valence-electron chi connectivity index (χ4n) is 3.07. The highest BCUT2D eigenvalue weighted by Crippen LogP contribution is 2.10.